The topological polar surface area (TPSA) is 216 Å². The molecule has 0 unspecified atom stereocenters. The number of phenols is 2. The molecule has 17 nitrogen and oxygen atoms in total. The number of nitrogens with one attached hydrogen (secondary N) is 1. The lowest BCUT2D eigenvalue weighted by Gasteiger charge is -2.40. The number of carbonyl (C=O) groups excluding carboxylic acids is 3. The molecule has 1 spiro atoms. The first-order chi connectivity index (χ1) is 33.5. The zero-order valence-corrected chi connectivity index (χ0v) is 43.8. The lowest BCUT2D eigenvalue weighted by atomic mass is 9.78. The summed E-state index contributed by atoms with van der Waals surface area (Å²) in [6.45, 7) is 26.2. The van der Waals surface area contributed by atoms with Crippen molar-refractivity contribution in [3.63, 3.8) is 0 Å². The molecule has 5 bridgehead atoms. The van der Waals surface area contributed by atoms with E-state index < -0.39 is 83.1 Å². The number of rotatable bonds is 7. The molecule has 71 heavy (non-hydrogen) atoms. The third-order valence-electron chi connectivity index (χ3n) is 15.5. The maximum absolute atomic E-state index is 15.0. The van der Waals surface area contributed by atoms with Gasteiger partial charge in [-0.3, -0.25) is 19.5 Å². The average Bonchev–Trinajstić information content (AvgIpc) is 3.84. The number of aliphatic hydroxyl groups excluding tert-OH is 2. The van der Waals surface area contributed by atoms with E-state index in [4.69, 9.17) is 23.9 Å². The number of aliphatic hydroxyl groups is 2. The first kappa shape index (κ1) is 53.7. The van der Waals surface area contributed by atoms with E-state index in [1.165, 1.54) is 20.3 Å². The van der Waals surface area contributed by atoms with Gasteiger partial charge in [0.2, 0.25) is 0 Å². The van der Waals surface area contributed by atoms with Crippen LogP contribution >= 0.6 is 0 Å². The van der Waals surface area contributed by atoms with E-state index in [2.05, 4.69) is 47.8 Å². The molecule has 2 aromatic rings. The van der Waals surface area contributed by atoms with Gasteiger partial charge >= 0.3 is 11.9 Å². The third-order valence-corrected chi connectivity index (χ3v) is 15.5. The van der Waals surface area contributed by atoms with Crippen molar-refractivity contribution < 1.29 is 53.8 Å². The summed E-state index contributed by atoms with van der Waals surface area (Å²) in [4.78, 5) is 59.0. The summed E-state index contributed by atoms with van der Waals surface area (Å²) in [6.07, 6.45) is 5.61. The van der Waals surface area contributed by atoms with Crippen molar-refractivity contribution in [1.82, 2.24) is 14.7 Å². The highest BCUT2D eigenvalue weighted by Crippen LogP contribution is 2.51. The summed E-state index contributed by atoms with van der Waals surface area (Å²) in [5.74, 6) is -5.57. The molecular formula is C54H78N6O11. The third kappa shape index (κ3) is 10.9. The second kappa shape index (κ2) is 21.6. The Balaban J connectivity index is 1.31. The summed E-state index contributed by atoms with van der Waals surface area (Å²) in [5, 5.41) is 51.5. The fourth-order valence-electron chi connectivity index (χ4n) is 10.8. The number of fused-ring (bicyclic) bond motifs is 13. The molecule has 8 rings (SSSR count). The number of likely N-dealkylation sites (tertiary alicyclic amines) is 1. The van der Waals surface area contributed by atoms with Crippen LogP contribution in [0.15, 0.2) is 46.1 Å². The highest BCUT2D eigenvalue weighted by molar-refractivity contribution is 6.21. The predicted molar refractivity (Wildman–Crippen MR) is 270 cm³/mol. The summed E-state index contributed by atoms with van der Waals surface area (Å²) in [6, 6.07) is 0. The zero-order valence-electron chi connectivity index (χ0n) is 43.8. The van der Waals surface area contributed by atoms with E-state index >= 15 is 0 Å². The number of ketones is 1. The first-order valence-corrected chi connectivity index (χ1v) is 25.6. The molecule has 2 aromatic carbocycles. The minimum Gasteiger partial charge on any atom is -0.507 e. The number of methoxy groups -OCH3 is 1. The monoisotopic (exact) mass is 987 g/mol. The number of Topliss-reactive ketones (excluding diaryl/α,β-unsaturated/α-hetero) is 1. The van der Waals surface area contributed by atoms with E-state index in [9.17, 15) is 34.8 Å². The first-order valence-electron chi connectivity index (χ1n) is 25.6. The van der Waals surface area contributed by atoms with Crippen LogP contribution in [0.4, 0.5) is 10.5 Å². The maximum atomic E-state index is 15.0. The maximum Gasteiger partial charge on any atom is 0.410 e. The van der Waals surface area contributed by atoms with Crippen molar-refractivity contribution in [2.45, 2.75) is 131 Å². The number of piperidine rings is 1. The molecule has 6 heterocycles. The number of ether oxygens (including phenoxy) is 4. The average molecular weight is 987 g/mol. The molecule has 2 amide bonds. The van der Waals surface area contributed by atoms with Crippen LogP contribution in [0.1, 0.15) is 104 Å². The molecule has 5 N–H and O–H groups in total. The van der Waals surface area contributed by atoms with Gasteiger partial charge in [0.05, 0.1) is 41.2 Å². The summed E-state index contributed by atoms with van der Waals surface area (Å²) < 4.78 is 25.0. The lowest BCUT2D eigenvalue weighted by Crippen LogP contribution is -2.52. The molecule has 6 aliphatic heterocycles. The Morgan fingerprint density at radius 3 is 2.18 bits per heavy atom. The number of hydrogen-bond donors (Lipinski definition) is 5. The van der Waals surface area contributed by atoms with Gasteiger partial charge in [0.15, 0.2) is 5.75 Å². The SMILES string of the molecule is CO[C@H]1/C=C/O[C@@]2(C)Oc3c(C)c(O)c4c(O)c(c5c(c4c3C2=O)NC2(CCN(CC(C)C)CC2)N=5)=NC(=O)/C(C)=C\C=C\[C@H](C)[C@H](O)[C@@H](C)[C@@H](O)[C@@H](C)[C@H](OC(=O)N2CCN(CCC(C)C)CC2)[C@@H]1C. The summed E-state index contributed by atoms with van der Waals surface area (Å²) in [7, 11) is 1.50. The number of aromatic hydroxyl groups is 2. The number of piperazine rings is 1. The number of phenolic OH excluding ortho intramolecular Hbond substituents is 2. The van der Waals surface area contributed by atoms with Gasteiger partial charge in [-0.05, 0) is 44.7 Å². The quantitative estimate of drug-likeness (QED) is 0.202. The molecule has 6 aliphatic rings. The molecule has 17 heteroatoms. The van der Waals surface area contributed by atoms with Crippen LogP contribution in [0.25, 0.3) is 10.8 Å². The Kier molecular flexibility index (Phi) is 16.3. The van der Waals surface area contributed by atoms with Gasteiger partial charge in [-0.25, -0.2) is 9.79 Å². The van der Waals surface area contributed by atoms with Gasteiger partial charge in [-0.15, -0.1) is 0 Å². The van der Waals surface area contributed by atoms with E-state index in [1.54, 1.807) is 63.8 Å². The molecule has 2 fully saturated rings. The second-order valence-electron chi connectivity index (χ2n) is 21.8. The fourth-order valence-corrected chi connectivity index (χ4v) is 10.8. The Bertz CT molecular complexity index is 2560. The van der Waals surface area contributed by atoms with Gasteiger partial charge < -0.3 is 54.5 Å². The van der Waals surface area contributed by atoms with Crippen LogP contribution in [-0.4, -0.2) is 148 Å². The van der Waals surface area contributed by atoms with Gasteiger partial charge in [0.25, 0.3) is 11.7 Å². The fraction of sp³-hybridized carbons (Fsp3) is 0.648. The number of nitrogens with zero attached hydrogens (tertiary/aromatic N) is 5. The standard InChI is InChI=1S/C54H78N6O11/c1-29(2)16-20-58-23-25-60(26-24-58)52(67)70-48-33(7)37(68-12)17-27-69-53(11)50(65)40-38-39(46(63)36(10)49(40)71-53)47(64)43(42-41(38)56-54(57-42)18-21-59(22-19-54)28-30(3)4)55-51(66)32(6)15-13-14-31(5)44(61)34(8)45(62)35(48)9/h13-15,17,27,29-31,33-35,37,44-45,48,56,61-64H,16,18-26,28H2,1-12H3/b14-13+,27-17+,32-15-,55-43?/t31-,33+,34+,35+,37-,44-,45+,48+,53-/m0/s1. The van der Waals surface area contributed by atoms with Crippen LogP contribution in [0, 0.1) is 42.4 Å². The van der Waals surface area contributed by atoms with Gasteiger partial charge in [0.1, 0.15) is 34.0 Å². The van der Waals surface area contributed by atoms with Gasteiger partial charge in [0, 0.05) is 113 Å². The minimum absolute atomic E-state index is 0.0564. The molecule has 2 saturated heterocycles. The lowest BCUT2D eigenvalue weighted by molar-refractivity contribution is -0.114. The normalized spacial score (nSPS) is 31.4. The Labute approximate surface area is 418 Å². The highest BCUT2D eigenvalue weighted by atomic mass is 16.7. The van der Waals surface area contributed by atoms with Crippen LogP contribution < -0.4 is 20.8 Å². The van der Waals surface area contributed by atoms with E-state index in [1.807, 2.05) is 6.92 Å². The number of amides is 2. The molecule has 390 valence electrons. The largest absolute Gasteiger partial charge is 0.507 e. The number of hydrogen-bond acceptors (Lipinski definition) is 15. The van der Waals surface area contributed by atoms with Crippen LogP contribution in [0.2, 0.25) is 0 Å². The van der Waals surface area contributed by atoms with Crippen LogP contribution in [0.5, 0.6) is 17.2 Å². The van der Waals surface area contributed by atoms with Crippen molar-refractivity contribution >= 4 is 34.2 Å². The van der Waals surface area contributed by atoms with Crippen molar-refractivity contribution in [2.24, 2.45) is 45.5 Å². The molecule has 0 saturated carbocycles. The molecular weight excluding hydrogens is 909 g/mol. The Morgan fingerprint density at radius 2 is 1.55 bits per heavy atom. The Hall–Kier alpha value is -5.07. The summed E-state index contributed by atoms with van der Waals surface area (Å²) in [5.41, 5.74) is -0.112. The smallest absolute Gasteiger partial charge is 0.410 e. The number of allylic oxidation sites excluding steroid dienone is 2. The van der Waals surface area contributed by atoms with Crippen LogP contribution in [0.3, 0.4) is 0 Å². The minimum atomic E-state index is -1.97. The van der Waals surface area contributed by atoms with Crippen LogP contribution in [-0.2, 0) is 19.0 Å². The zero-order chi connectivity index (χ0) is 51.9. The molecule has 9 atom stereocenters. The van der Waals surface area contributed by atoms with Crippen molar-refractivity contribution in [1.29, 1.82) is 0 Å². The number of anilines is 1. The van der Waals surface area contributed by atoms with Crippen molar-refractivity contribution in [3.05, 3.63) is 58.0 Å². The van der Waals surface area contributed by atoms with Gasteiger partial charge in [-0.2, -0.15) is 0 Å². The van der Waals surface area contributed by atoms with Crippen molar-refractivity contribution in [3.8, 4) is 17.2 Å². The highest BCUT2D eigenvalue weighted by Gasteiger charge is 2.51. The number of carbonyl (C=O) groups is 3. The molecule has 0 aromatic heterocycles. The van der Waals surface area contributed by atoms with E-state index in [-0.39, 0.29) is 49.7 Å². The Morgan fingerprint density at radius 1 is 0.873 bits per heavy atom. The predicted octanol–water partition coefficient (Wildman–Crippen LogP) is 5.99. The number of benzene rings is 2. The van der Waals surface area contributed by atoms with E-state index in [0.29, 0.717) is 56.5 Å². The van der Waals surface area contributed by atoms with Gasteiger partial charge in [-0.1, -0.05) is 73.6 Å². The summed E-state index contributed by atoms with van der Waals surface area (Å²) >= 11 is 0. The van der Waals surface area contributed by atoms with E-state index in [0.717, 1.165) is 32.6 Å². The van der Waals surface area contributed by atoms with Crippen molar-refractivity contribution in [2.75, 3.05) is 64.8 Å². The second-order valence-corrected chi connectivity index (χ2v) is 21.8. The molecule has 0 aliphatic carbocycles. The molecule has 0 radical (unpaired) electrons.